The Morgan fingerprint density at radius 3 is 2.87 bits per heavy atom. The predicted octanol–water partition coefficient (Wildman–Crippen LogP) is 3.83. The molecular weight excluding hydrogens is 312 g/mol. The molecule has 0 spiro atoms. The molecule has 4 nitrogen and oxygen atoms in total. The summed E-state index contributed by atoms with van der Waals surface area (Å²) in [7, 11) is 0. The van der Waals surface area contributed by atoms with E-state index < -0.39 is 0 Å². The number of halogens is 1. The van der Waals surface area contributed by atoms with E-state index in [1.54, 1.807) is 17.0 Å². The highest BCUT2D eigenvalue weighted by Crippen LogP contribution is 2.25. The Bertz CT molecular complexity index is 890. The van der Waals surface area contributed by atoms with Crippen molar-refractivity contribution in [3.05, 3.63) is 69.7 Å². The van der Waals surface area contributed by atoms with Crippen molar-refractivity contribution < 1.29 is 4.74 Å². The Balaban J connectivity index is 1.63. The Hall–Kier alpha value is -2.33. The van der Waals surface area contributed by atoms with Gasteiger partial charge in [0.15, 0.2) is 0 Å². The first-order valence-corrected chi connectivity index (χ1v) is 7.86. The highest BCUT2D eigenvalue weighted by atomic mass is 35.5. The number of nitrogens with zero attached hydrogens (tertiary/aromatic N) is 2. The SMILES string of the molecule is Cc1ccc(OCCCn2cnc3ccccc3c2=O)c(Cl)c1. The molecule has 0 N–H and O–H groups in total. The molecule has 3 aromatic rings. The van der Waals surface area contributed by atoms with Crippen molar-refractivity contribution in [3.63, 3.8) is 0 Å². The molecule has 23 heavy (non-hydrogen) atoms. The van der Waals surface area contributed by atoms with Crippen LogP contribution in [0.2, 0.25) is 5.02 Å². The molecule has 118 valence electrons. The van der Waals surface area contributed by atoms with Crippen molar-refractivity contribution in [2.75, 3.05) is 6.61 Å². The van der Waals surface area contributed by atoms with Gasteiger partial charge in [0.25, 0.3) is 5.56 Å². The van der Waals surface area contributed by atoms with Crippen LogP contribution in [-0.4, -0.2) is 16.2 Å². The fourth-order valence-electron chi connectivity index (χ4n) is 2.41. The van der Waals surface area contributed by atoms with E-state index in [1.165, 1.54) is 0 Å². The molecule has 0 aliphatic heterocycles. The Morgan fingerprint density at radius 1 is 1.22 bits per heavy atom. The third-order valence-electron chi connectivity index (χ3n) is 3.62. The highest BCUT2D eigenvalue weighted by molar-refractivity contribution is 6.32. The summed E-state index contributed by atoms with van der Waals surface area (Å²) in [5, 5.41) is 1.24. The van der Waals surface area contributed by atoms with Crippen molar-refractivity contribution in [2.24, 2.45) is 0 Å². The Kier molecular flexibility index (Phi) is 4.63. The van der Waals surface area contributed by atoms with Gasteiger partial charge in [0.1, 0.15) is 5.75 Å². The normalized spacial score (nSPS) is 10.9. The summed E-state index contributed by atoms with van der Waals surface area (Å²) in [6, 6.07) is 13.0. The van der Waals surface area contributed by atoms with Crippen LogP contribution in [0.1, 0.15) is 12.0 Å². The lowest BCUT2D eigenvalue weighted by molar-refractivity contribution is 0.301. The lowest BCUT2D eigenvalue weighted by Crippen LogP contribution is -2.21. The quantitative estimate of drug-likeness (QED) is 0.669. The molecule has 3 rings (SSSR count). The molecule has 1 heterocycles. The van der Waals surface area contributed by atoms with Gasteiger partial charge in [-0.2, -0.15) is 0 Å². The van der Waals surface area contributed by atoms with Crippen LogP contribution in [-0.2, 0) is 6.54 Å². The van der Waals surface area contributed by atoms with E-state index in [0.717, 1.165) is 11.1 Å². The summed E-state index contributed by atoms with van der Waals surface area (Å²) in [6.45, 7) is 3.02. The molecule has 1 aromatic heterocycles. The first-order valence-electron chi connectivity index (χ1n) is 7.48. The number of aromatic nitrogens is 2. The van der Waals surface area contributed by atoms with Gasteiger partial charge in [-0.05, 0) is 43.2 Å². The summed E-state index contributed by atoms with van der Waals surface area (Å²) >= 11 is 6.13. The first kappa shape index (κ1) is 15.6. The molecule has 0 amide bonds. The number of aryl methyl sites for hydroxylation is 2. The van der Waals surface area contributed by atoms with E-state index in [4.69, 9.17) is 16.3 Å². The maximum Gasteiger partial charge on any atom is 0.261 e. The van der Waals surface area contributed by atoms with Crippen LogP contribution in [0.5, 0.6) is 5.75 Å². The zero-order valence-electron chi connectivity index (χ0n) is 12.8. The van der Waals surface area contributed by atoms with E-state index in [9.17, 15) is 4.79 Å². The summed E-state index contributed by atoms with van der Waals surface area (Å²) in [4.78, 5) is 16.6. The monoisotopic (exact) mass is 328 g/mol. The molecule has 0 fully saturated rings. The second kappa shape index (κ2) is 6.84. The Morgan fingerprint density at radius 2 is 2.04 bits per heavy atom. The number of hydrogen-bond donors (Lipinski definition) is 0. The third-order valence-corrected chi connectivity index (χ3v) is 3.92. The third kappa shape index (κ3) is 3.54. The molecule has 0 atom stereocenters. The van der Waals surface area contributed by atoms with E-state index in [0.29, 0.717) is 35.7 Å². The summed E-state index contributed by atoms with van der Waals surface area (Å²) in [6.07, 6.45) is 2.29. The van der Waals surface area contributed by atoms with Crippen LogP contribution in [0.3, 0.4) is 0 Å². The van der Waals surface area contributed by atoms with Crippen LogP contribution in [0.25, 0.3) is 10.9 Å². The molecule has 0 unspecified atom stereocenters. The average molecular weight is 329 g/mol. The number of hydrogen-bond acceptors (Lipinski definition) is 3. The summed E-state index contributed by atoms with van der Waals surface area (Å²) < 4.78 is 7.29. The van der Waals surface area contributed by atoms with Gasteiger partial charge in [0, 0.05) is 6.54 Å². The highest BCUT2D eigenvalue weighted by Gasteiger charge is 2.04. The summed E-state index contributed by atoms with van der Waals surface area (Å²) in [5.41, 5.74) is 1.79. The van der Waals surface area contributed by atoms with Gasteiger partial charge < -0.3 is 4.74 Å². The van der Waals surface area contributed by atoms with Crippen LogP contribution in [0.4, 0.5) is 0 Å². The fraction of sp³-hybridized carbons (Fsp3) is 0.222. The molecule has 0 bridgehead atoms. The van der Waals surface area contributed by atoms with Crippen molar-refractivity contribution in [2.45, 2.75) is 19.9 Å². The standard InChI is InChI=1S/C18H17ClN2O2/c1-13-7-8-17(15(19)11-13)23-10-4-9-21-12-20-16-6-3-2-5-14(16)18(21)22/h2-3,5-8,11-12H,4,9-10H2,1H3. The minimum atomic E-state index is -0.0241. The molecule has 0 saturated carbocycles. The predicted molar refractivity (Wildman–Crippen MR) is 92.3 cm³/mol. The molecule has 0 aliphatic rings. The number of para-hydroxylation sites is 1. The van der Waals surface area contributed by atoms with Gasteiger partial charge in [0.05, 0.1) is 28.9 Å². The smallest absolute Gasteiger partial charge is 0.261 e. The van der Waals surface area contributed by atoms with Gasteiger partial charge in [-0.3, -0.25) is 9.36 Å². The van der Waals surface area contributed by atoms with Crippen LogP contribution >= 0.6 is 11.6 Å². The molecule has 2 aromatic carbocycles. The average Bonchev–Trinajstić information content (AvgIpc) is 2.55. The zero-order chi connectivity index (χ0) is 16.2. The van der Waals surface area contributed by atoms with E-state index in [1.807, 2.05) is 43.3 Å². The van der Waals surface area contributed by atoms with Crippen molar-refractivity contribution in [1.29, 1.82) is 0 Å². The van der Waals surface area contributed by atoms with Gasteiger partial charge in [-0.1, -0.05) is 29.8 Å². The molecule has 0 radical (unpaired) electrons. The lowest BCUT2D eigenvalue weighted by atomic mass is 10.2. The molecular formula is C18H17ClN2O2. The van der Waals surface area contributed by atoms with Gasteiger partial charge in [-0.15, -0.1) is 0 Å². The largest absolute Gasteiger partial charge is 0.492 e. The first-order chi connectivity index (χ1) is 11.1. The van der Waals surface area contributed by atoms with Gasteiger partial charge in [-0.25, -0.2) is 4.98 Å². The van der Waals surface area contributed by atoms with E-state index in [2.05, 4.69) is 4.98 Å². The van der Waals surface area contributed by atoms with E-state index >= 15 is 0 Å². The fourth-order valence-corrected chi connectivity index (χ4v) is 2.69. The topological polar surface area (TPSA) is 44.1 Å². The molecule has 0 aliphatic carbocycles. The number of ether oxygens (including phenoxy) is 1. The number of rotatable bonds is 5. The van der Waals surface area contributed by atoms with E-state index in [-0.39, 0.29) is 5.56 Å². The summed E-state index contributed by atoms with van der Waals surface area (Å²) in [5.74, 6) is 0.668. The van der Waals surface area contributed by atoms with Crippen molar-refractivity contribution in [3.8, 4) is 5.75 Å². The Labute approximate surface area is 139 Å². The van der Waals surface area contributed by atoms with Crippen molar-refractivity contribution in [1.82, 2.24) is 9.55 Å². The number of benzene rings is 2. The van der Waals surface area contributed by atoms with Crippen LogP contribution in [0.15, 0.2) is 53.6 Å². The van der Waals surface area contributed by atoms with Crippen LogP contribution < -0.4 is 10.3 Å². The molecule has 0 saturated heterocycles. The second-order valence-corrected chi connectivity index (χ2v) is 5.80. The van der Waals surface area contributed by atoms with Gasteiger partial charge >= 0.3 is 0 Å². The lowest BCUT2D eigenvalue weighted by Gasteiger charge is -2.10. The number of fused-ring (bicyclic) bond motifs is 1. The zero-order valence-corrected chi connectivity index (χ0v) is 13.6. The maximum atomic E-state index is 12.3. The van der Waals surface area contributed by atoms with Crippen molar-refractivity contribution >= 4 is 22.5 Å². The molecule has 5 heteroatoms. The van der Waals surface area contributed by atoms with Gasteiger partial charge in [0.2, 0.25) is 0 Å². The second-order valence-electron chi connectivity index (χ2n) is 5.40. The van der Waals surface area contributed by atoms with Crippen LogP contribution in [0, 0.1) is 6.92 Å². The minimum Gasteiger partial charge on any atom is -0.492 e. The minimum absolute atomic E-state index is 0.0241. The maximum absolute atomic E-state index is 12.3.